The molecule has 214 valence electrons. The monoisotopic (exact) mass is 615 g/mol. The van der Waals surface area contributed by atoms with Gasteiger partial charge in [-0.1, -0.05) is 31.5 Å². The molecular formula is C26H26CuN5O7S. The average molecular weight is 616 g/mol. The summed E-state index contributed by atoms with van der Waals surface area (Å²) in [6.45, 7) is 3.52. The number of hydrogen-bond acceptors (Lipinski definition) is 10. The molecule has 0 aliphatic carbocycles. The summed E-state index contributed by atoms with van der Waals surface area (Å²) >= 11 is 0. The Morgan fingerprint density at radius 2 is 1.85 bits per heavy atom. The van der Waals surface area contributed by atoms with Gasteiger partial charge in [0.15, 0.2) is 5.69 Å². The van der Waals surface area contributed by atoms with Crippen LogP contribution in [0.2, 0.25) is 0 Å². The van der Waals surface area contributed by atoms with Crippen molar-refractivity contribution in [2.75, 3.05) is 14.2 Å². The molecule has 0 saturated heterocycles. The molecule has 3 aromatic rings. The number of rotatable bonds is 10. The van der Waals surface area contributed by atoms with E-state index in [0.29, 0.717) is 6.42 Å². The minimum atomic E-state index is -4.52. The number of ether oxygens (including phenoxy) is 2. The van der Waals surface area contributed by atoms with E-state index in [2.05, 4.69) is 15.0 Å². The Bertz CT molecular complexity index is 1650. The first-order valence-corrected chi connectivity index (χ1v) is 13.1. The summed E-state index contributed by atoms with van der Waals surface area (Å²) in [7, 11) is -1.89. The summed E-state index contributed by atoms with van der Waals surface area (Å²) in [5.41, 5.74) is -1.11. The summed E-state index contributed by atoms with van der Waals surface area (Å²) in [6, 6.07) is 11.6. The van der Waals surface area contributed by atoms with Gasteiger partial charge in [-0.05, 0) is 31.5 Å². The van der Waals surface area contributed by atoms with E-state index >= 15 is 0 Å². The molecule has 0 atom stereocenters. The van der Waals surface area contributed by atoms with Crippen LogP contribution in [0, 0.1) is 18.3 Å². The first-order chi connectivity index (χ1) is 18.6. The zero-order chi connectivity index (χ0) is 28.7. The number of azo groups is 1. The first kappa shape index (κ1) is 32.0. The molecule has 12 nitrogen and oxygen atoms in total. The van der Waals surface area contributed by atoms with Gasteiger partial charge in [-0.15, -0.1) is 10.2 Å². The van der Waals surface area contributed by atoms with Gasteiger partial charge < -0.3 is 24.1 Å². The predicted octanol–water partition coefficient (Wildman–Crippen LogP) is 4.87. The molecule has 2 aromatic carbocycles. The Balaban J connectivity index is 0.00000560. The average Bonchev–Trinajstić information content (AvgIpc) is 2.92. The fourth-order valence-corrected chi connectivity index (χ4v) is 4.70. The van der Waals surface area contributed by atoms with Crippen LogP contribution in [-0.2, 0) is 33.6 Å². The summed E-state index contributed by atoms with van der Waals surface area (Å²) in [5, 5.41) is 28.3. The van der Waals surface area contributed by atoms with Crippen molar-refractivity contribution in [1.29, 1.82) is 5.26 Å². The van der Waals surface area contributed by atoms with Gasteiger partial charge in [0.1, 0.15) is 33.2 Å². The number of methoxy groups -OCH3 is 2. The standard InChI is InChI=1S/C26H27N5O7S.Cu/c1-5-6-13-31-25(33)19(15-27)16(2)23(26(31)34)29-28-20-10-8-7-9-18(20)24(32)30-39(35,36)22-14-17(37-3)11-12-21(22)38-4;/h7-12,14H,5-6,13H2,1-4H3,(H2,28,30,32,33,34);/q;+1/p-1. The fourth-order valence-electron chi connectivity index (χ4n) is 3.62. The third kappa shape index (κ3) is 6.68. The third-order valence-electron chi connectivity index (χ3n) is 5.75. The van der Waals surface area contributed by atoms with Crippen molar-refractivity contribution < 1.29 is 44.9 Å². The number of carbonyl (C=O) groups excluding carboxylic acids is 1. The molecule has 1 heterocycles. The molecule has 1 amide bonds. The molecule has 0 bridgehead atoms. The Hall–Kier alpha value is -4.18. The van der Waals surface area contributed by atoms with Crippen molar-refractivity contribution in [3.63, 3.8) is 0 Å². The second-order valence-corrected chi connectivity index (χ2v) is 9.77. The Morgan fingerprint density at radius 1 is 1.15 bits per heavy atom. The van der Waals surface area contributed by atoms with Gasteiger partial charge in [0.25, 0.3) is 5.56 Å². The molecular weight excluding hydrogens is 590 g/mol. The molecule has 0 saturated carbocycles. The quantitative estimate of drug-likeness (QED) is 0.248. The molecule has 0 unspecified atom stereocenters. The third-order valence-corrected chi connectivity index (χ3v) is 7.03. The van der Waals surface area contributed by atoms with Gasteiger partial charge in [0, 0.05) is 23.7 Å². The van der Waals surface area contributed by atoms with Crippen molar-refractivity contribution in [2.45, 2.75) is 38.1 Å². The van der Waals surface area contributed by atoms with Gasteiger partial charge in [-0.3, -0.25) is 9.36 Å². The zero-order valence-corrected chi connectivity index (χ0v) is 23.8. The smallest absolute Gasteiger partial charge is 0.537 e. The predicted molar refractivity (Wildman–Crippen MR) is 142 cm³/mol. The molecule has 1 N–H and O–H groups in total. The van der Waals surface area contributed by atoms with E-state index in [-0.39, 0.29) is 68.1 Å². The Morgan fingerprint density at radius 3 is 2.48 bits per heavy atom. The van der Waals surface area contributed by atoms with Crippen molar-refractivity contribution in [3.05, 3.63) is 74.2 Å². The number of aromatic nitrogens is 1. The number of hydrogen-bond donors (Lipinski definition) is 1. The maximum absolute atomic E-state index is 13.0. The second kappa shape index (κ2) is 13.7. The number of unbranched alkanes of at least 4 members (excludes halogenated alkanes) is 1. The van der Waals surface area contributed by atoms with Crippen LogP contribution in [0.4, 0.5) is 11.4 Å². The number of carbonyl (C=O) groups is 1. The molecule has 0 aliphatic heterocycles. The second-order valence-electron chi connectivity index (χ2n) is 8.20. The van der Waals surface area contributed by atoms with Gasteiger partial charge in [-0.2, -0.15) is 5.26 Å². The molecule has 0 aliphatic rings. The van der Waals surface area contributed by atoms with Crippen molar-refractivity contribution >= 4 is 27.3 Å². The van der Waals surface area contributed by atoms with Crippen LogP contribution >= 0.6 is 0 Å². The molecule has 0 fully saturated rings. The summed E-state index contributed by atoms with van der Waals surface area (Å²) in [5.74, 6) is -1.41. The normalized spacial score (nSPS) is 11.0. The van der Waals surface area contributed by atoms with E-state index in [9.17, 15) is 28.4 Å². The SMILES string of the molecule is CCCCn1c(O)c(N=Nc2ccccc2C(=O)[N-]S(=O)(=O)c2cc(OC)ccc2OC)c(C)c(C#N)c1=O.[Cu+]. The minimum absolute atomic E-state index is 0. The van der Waals surface area contributed by atoms with Crippen LogP contribution in [0.5, 0.6) is 17.4 Å². The van der Waals surface area contributed by atoms with Gasteiger partial charge in [0.05, 0.1) is 30.7 Å². The molecule has 0 spiro atoms. The van der Waals surface area contributed by atoms with E-state index in [1.54, 1.807) is 6.07 Å². The fraction of sp³-hybridized carbons (Fsp3) is 0.269. The number of sulfonamides is 1. The number of amides is 1. The van der Waals surface area contributed by atoms with E-state index < -0.39 is 27.4 Å². The molecule has 0 radical (unpaired) electrons. The summed E-state index contributed by atoms with van der Waals surface area (Å²) in [4.78, 5) is 25.3. The summed E-state index contributed by atoms with van der Waals surface area (Å²) in [6.07, 6.45) is 1.31. The van der Waals surface area contributed by atoms with Crippen LogP contribution in [-0.4, -0.2) is 38.2 Å². The minimum Gasteiger partial charge on any atom is -0.537 e. The van der Waals surface area contributed by atoms with Crippen molar-refractivity contribution in [2.24, 2.45) is 10.2 Å². The van der Waals surface area contributed by atoms with Crippen LogP contribution in [0.15, 0.2) is 62.4 Å². The van der Waals surface area contributed by atoms with E-state index in [0.717, 1.165) is 11.0 Å². The number of aromatic hydroxyl groups is 1. The number of nitrogens with zero attached hydrogens (tertiary/aromatic N) is 5. The Kier molecular flexibility index (Phi) is 11.0. The maximum Gasteiger partial charge on any atom is 1.00 e. The number of pyridine rings is 1. The zero-order valence-electron chi connectivity index (χ0n) is 22.0. The molecule has 14 heteroatoms. The topological polar surface area (TPSA) is 175 Å². The van der Waals surface area contributed by atoms with Crippen molar-refractivity contribution in [1.82, 2.24) is 4.57 Å². The van der Waals surface area contributed by atoms with E-state index in [1.807, 2.05) is 13.0 Å². The number of nitriles is 1. The van der Waals surface area contributed by atoms with Crippen LogP contribution < -0.4 is 15.0 Å². The van der Waals surface area contributed by atoms with Crippen LogP contribution in [0.3, 0.4) is 0 Å². The molecule has 40 heavy (non-hydrogen) atoms. The van der Waals surface area contributed by atoms with Crippen LogP contribution in [0.1, 0.15) is 41.3 Å². The largest absolute Gasteiger partial charge is 1.00 e. The van der Waals surface area contributed by atoms with Crippen LogP contribution in [0.25, 0.3) is 4.72 Å². The number of benzene rings is 2. The molecule has 3 rings (SSSR count). The van der Waals surface area contributed by atoms with Gasteiger partial charge >= 0.3 is 17.1 Å². The maximum atomic E-state index is 13.0. The summed E-state index contributed by atoms with van der Waals surface area (Å²) < 4.78 is 40.6. The van der Waals surface area contributed by atoms with E-state index in [4.69, 9.17) is 9.47 Å². The van der Waals surface area contributed by atoms with Gasteiger partial charge in [0.2, 0.25) is 5.88 Å². The van der Waals surface area contributed by atoms with Gasteiger partial charge in [-0.25, -0.2) is 8.42 Å². The Labute approximate surface area is 241 Å². The van der Waals surface area contributed by atoms with Crippen molar-refractivity contribution in [3.8, 4) is 23.4 Å². The molecule has 1 aromatic heterocycles. The first-order valence-electron chi connectivity index (χ1n) is 11.7. The van der Waals surface area contributed by atoms with E-state index in [1.165, 1.54) is 57.5 Å².